The summed E-state index contributed by atoms with van der Waals surface area (Å²) in [5, 5.41) is 12.3. The Balaban J connectivity index is 1.32. The van der Waals surface area contributed by atoms with Crippen LogP contribution >= 0.6 is 0 Å². The molecule has 1 spiro atoms. The van der Waals surface area contributed by atoms with Crippen molar-refractivity contribution in [2.24, 2.45) is 5.41 Å². The van der Waals surface area contributed by atoms with Crippen molar-refractivity contribution in [1.82, 2.24) is 5.32 Å². The van der Waals surface area contributed by atoms with Crippen molar-refractivity contribution >= 4 is 12.1 Å². The van der Waals surface area contributed by atoms with Crippen LogP contribution in [0.3, 0.4) is 0 Å². The Labute approximate surface area is 157 Å². The summed E-state index contributed by atoms with van der Waals surface area (Å²) in [5.41, 5.74) is 3.24. The van der Waals surface area contributed by atoms with Crippen LogP contribution < -0.4 is 5.32 Å². The molecule has 5 rings (SSSR count). The SMILES string of the molecule is O=C(NC1(C(=O)O)CC12CCC2)OCC1c2ccccc2-c2ccccc21. The molecule has 0 bridgehead atoms. The third kappa shape index (κ3) is 2.24. The van der Waals surface area contributed by atoms with Gasteiger partial charge in [0.2, 0.25) is 0 Å². The molecule has 27 heavy (non-hydrogen) atoms. The second-order valence-corrected chi connectivity index (χ2v) is 7.97. The van der Waals surface area contributed by atoms with E-state index in [1.165, 1.54) is 11.1 Å². The molecular formula is C22H21NO4. The van der Waals surface area contributed by atoms with Crippen LogP contribution in [0.15, 0.2) is 48.5 Å². The fourth-order valence-electron chi connectivity index (χ4n) is 5.01. The molecule has 0 heterocycles. The summed E-state index contributed by atoms with van der Waals surface area (Å²) in [6.45, 7) is 0.197. The average Bonchev–Trinajstić information content (AvgIpc) is 3.24. The first kappa shape index (κ1) is 16.4. The van der Waals surface area contributed by atoms with E-state index < -0.39 is 17.6 Å². The number of ether oxygens (including phenoxy) is 1. The summed E-state index contributed by atoms with van der Waals surface area (Å²) in [4.78, 5) is 24.2. The number of amides is 1. The van der Waals surface area contributed by atoms with Crippen LogP contribution in [-0.4, -0.2) is 29.3 Å². The Morgan fingerprint density at radius 3 is 2.11 bits per heavy atom. The van der Waals surface area contributed by atoms with Crippen LogP contribution in [-0.2, 0) is 9.53 Å². The Hall–Kier alpha value is -2.82. The number of alkyl carbamates (subject to hydrolysis) is 1. The first-order chi connectivity index (χ1) is 13.1. The first-order valence-electron chi connectivity index (χ1n) is 9.43. The third-order valence-corrected chi connectivity index (χ3v) is 6.72. The van der Waals surface area contributed by atoms with Gasteiger partial charge in [-0.25, -0.2) is 9.59 Å². The minimum absolute atomic E-state index is 0.0270. The van der Waals surface area contributed by atoms with Gasteiger partial charge in [0.1, 0.15) is 12.1 Å². The fraction of sp³-hybridized carbons (Fsp3) is 0.364. The number of carbonyl (C=O) groups is 2. The monoisotopic (exact) mass is 363 g/mol. The normalized spacial score (nSPS) is 23.9. The zero-order valence-corrected chi connectivity index (χ0v) is 14.9. The van der Waals surface area contributed by atoms with E-state index in [0.29, 0.717) is 6.42 Å². The summed E-state index contributed by atoms with van der Waals surface area (Å²) < 4.78 is 5.51. The molecule has 138 valence electrons. The fourth-order valence-corrected chi connectivity index (χ4v) is 5.01. The molecule has 0 saturated heterocycles. The van der Waals surface area contributed by atoms with Crippen molar-refractivity contribution in [2.45, 2.75) is 37.1 Å². The smallest absolute Gasteiger partial charge is 0.408 e. The zero-order valence-electron chi connectivity index (χ0n) is 14.9. The number of hydrogen-bond donors (Lipinski definition) is 2. The van der Waals surface area contributed by atoms with Crippen LogP contribution in [0.4, 0.5) is 4.79 Å². The molecule has 2 aromatic carbocycles. The van der Waals surface area contributed by atoms with Crippen LogP contribution in [0.2, 0.25) is 0 Å². The lowest BCUT2D eigenvalue weighted by atomic mass is 9.78. The number of fused-ring (bicyclic) bond motifs is 3. The summed E-state index contributed by atoms with van der Waals surface area (Å²) in [5.74, 6) is -0.975. The standard InChI is InChI=1S/C22H21NO4/c24-19(25)22(13-21(22)10-5-11-21)23-20(26)27-12-18-16-8-3-1-6-14(16)15-7-2-4-9-17(15)18/h1-4,6-9,18H,5,10-13H2,(H,23,26)(H,24,25). The van der Waals surface area contributed by atoms with Crippen molar-refractivity contribution in [3.05, 3.63) is 59.7 Å². The van der Waals surface area contributed by atoms with E-state index in [9.17, 15) is 14.7 Å². The molecule has 3 aliphatic rings. The number of carboxylic acids is 1. The van der Waals surface area contributed by atoms with Gasteiger partial charge in [0, 0.05) is 11.3 Å². The first-order valence-corrected chi connectivity index (χ1v) is 9.43. The average molecular weight is 363 g/mol. The van der Waals surface area contributed by atoms with Crippen molar-refractivity contribution in [2.75, 3.05) is 6.61 Å². The molecule has 3 aliphatic carbocycles. The van der Waals surface area contributed by atoms with E-state index in [1.807, 2.05) is 24.3 Å². The molecule has 0 aromatic heterocycles. The predicted octanol–water partition coefficient (Wildman–Crippen LogP) is 3.92. The van der Waals surface area contributed by atoms with Gasteiger partial charge in [-0.05, 0) is 41.5 Å². The Kier molecular flexibility index (Phi) is 3.39. The van der Waals surface area contributed by atoms with Crippen LogP contribution in [0.25, 0.3) is 11.1 Å². The molecule has 0 radical (unpaired) electrons. The van der Waals surface area contributed by atoms with Gasteiger partial charge >= 0.3 is 12.1 Å². The lowest BCUT2D eigenvalue weighted by Gasteiger charge is -2.30. The van der Waals surface area contributed by atoms with Gasteiger partial charge in [0.15, 0.2) is 0 Å². The third-order valence-electron chi connectivity index (χ3n) is 6.72. The maximum Gasteiger partial charge on any atom is 0.408 e. The summed E-state index contributed by atoms with van der Waals surface area (Å²) in [7, 11) is 0. The van der Waals surface area contributed by atoms with Gasteiger partial charge in [-0.3, -0.25) is 0 Å². The Morgan fingerprint density at radius 2 is 1.63 bits per heavy atom. The van der Waals surface area contributed by atoms with Gasteiger partial charge in [0.05, 0.1) is 0 Å². The van der Waals surface area contributed by atoms with Crippen molar-refractivity contribution in [3.63, 3.8) is 0 Å². The molecular weight excluding hydrogens is 342 g/mol. The molecule has 2 saturated carbocycles. The van der Waals surface area contributed by atoms with Gasteiger partial charge in [-0.15, -0.1) is 0 Å². The molecule has 2 aromatic rings. The number of hydrogen-bond acceptors (Lipinski definition) is 3. The highest BCUT2D eigenvalue weighted by atomic mass is 16.5. The van der Waals surface area contributed by atoms with Crippen molar-refractivity contribution in [3.8, 4) is 11.1 Å². The summed E-state index contributed by atoms with van der Waals surface area (Å²) in [6.07, 6.45) is 2.63. The largest absolute Gasteiger partial charge is 0.479 e. The maximum atomic E-state index is 12.4. The van der Waals surface area contributed by atoms with Crippen molar-refractivity contribution < 1.29 is 19.4 Å². The number of rotatable bonds is 4. The van der Waals surface area contributed by atoms with Gasteiger partial charge in [-0.2, -0.15) is 0 Å². The molecule has 2 fully saturated rings. The maximum absolute atomic E-state index is 12.4. The number of aliphatic carboxylic acids is 1. The Bertz CT molecular complexity index is 903. The molecule has 5 heteroatoms. The second kappa shape index (κ2) is 5.59. The zero-order chi connectivity index (χ0) is 18.6. The van der Waals surface area contributed by atoms with E-state index in [0.717, 1.165) is 30.4 Å². The molecule has 1 atom stereocenters. The quantitative estimate of drug-likeness (QED) is 0.863. The topological polar surface area (TPSA) is 75.6 Å². The van der Waals surface area contributed by atoms with Crippen LogP contribution in [0, 0.1) is 5.41 Å². The minimum atomic E-state index is -1.13. The predicted molar refractivity (Wildman–Crippen MR) is 99.5 cm³/mol. The van der Waals surface area contributed by atoms with Crippen molar-refractivity contribution in [1.29, 1.82) is 0 Å². The highest BCUT2D eigenvalue weighted by molar-refractivity contribution is 5.90. The van der Waals surface area contributed by atoms with E-state index in [1.54, 1.807) is 0 Å². The summed E-state index contributed by atoms with van der Waals surface area (Å²) in [6, 6.07) is 16.3. The second-order valence-electron chi connectivity index (χ2n) is 7.97. The van der Waals surface area contributed by atoms with Gasteiger partial charge < -0.3 is 15.2 Å². The number of carboxylic acid groups (broad SMARTS) is 1. The molecule has 5 nitrogen and oxygen atoms in total. The van der Waals surface area contributed by atoms with Crippen LogP contribution in [0.5, 0.6) is 0 Å². The summed E-state index contributed by atoms with van der Waals surface area (Å²) >= 11 is 0. The number of nitrogens with one attached hydrogen (secondary N) is 1. The van der Waals surface area contributed by atoms with E-state index >= 15 is 0 Å². The van der Waals surface area contributed by atoms with E-state index in [-0.39, 0.29) is 17.9 Å². The molecule has 0 aliphatic heterocycles. The lowest BCUT2D eigenvalue weighted by molar-refractivity contribution is -0.142. The molecule has 2 N–H and O–H groups in total. The van der Waals surface area contributed by atoms with Gasteiger partial charge in [-0.1, -0.05) is 55.0 Å². The highest BCUT2D eigenvalue weighted by Crippen LogP contribution is 2.68. The van der Waals surface area contributed by atoms with Crippen LogP contribution in [0.1, 0.15) is 42.7 Å². The molecule has 1 amide bonds. The lowest BCUT2D eigenvalue weighted by Crippen LogP contribution is -2.49. The Morgan fingerprint density at radius 1 is 1.04 bits per heavy atom. The van der Waals surface area contributed by atoms with E-state index in [2.05, 4.69) is 29.6 Å². The van der Waals surface area contributed by atoms with E-state index in [4.69, 9.17) is 4.74 Å². The number of carbonyl (C=O) groups excluding carboxylic acids is 1. The van der Waals surface area contributed by atoms with Gasteiger partial charge in [0.25, 0.3) is 0 Å². The highest BCUT2D eigenvalue weighted by Gasteiger charge is 2.75. The number of benzene rings is 2. The molecule has 1 unspecified atom stereocenters. The minimum Gasteiger partial charge on any atom is -0.479 e.